The van der Waals surface area contributed by atoms with Gasteiger partial charge in [-0.1, -0.05) is 36.4 Å². The van der Waals surface area contributed by atoms with Crippen molar-refractivity contribution in [3.63, 3.8) is 0 Å². The van der Waals surface area contributed by atoms with Crippen LogP contribution in [0.4, 0.5) is 0 Å². The average molecular weight is 254 g/mol. The second kappa shape index (κ2) is 5.82. The first-order chi connectivity index (χ1) is 9.27. The molecular weight excluding hydrogens is 240 g/mol. The molecule has 96 valence electrons. The zero-order valence-corrected chi connectivity index (χ0v) is 10.6. The minimum atomic E-state index is -0.295. The molecule has 19 heavy (non-hydrogen) atoms. The smallest absolute Gasteiger partial charge is 0.271 e. The second-order valence-electron chi connectivity index (χ2n) is 3.84. The van der Waals surface area contributed by atoms with E-state index in [-0.39, 0.29) is 5.91 Å². The molecule has 0 saturated heterocycles. The molecular formula is C15H14N2O2. The Morgan fingerprint density at radius 1 is 1.11 bits per heavy atom. The molecule has 0 saturated carbocycles. The number of hydrogen-bond acceptors (Lipinski definition) is 3. The summed E-state index contributed by atoms with van der Waals surface area (Å²) in [5.41, 5.74) is 4.52. The van der Waals surface area contributed by atoms with Crippen LogP contribution < -0.4 is 10.2 Å². The van der Waals surface area contributed by atoms with E-state index in [1.807, 2.05) is 36.4 Å². The van der Waals surface area contributed by atoms with E-state index >= 15 is 0 Å². The van der Waals surface area contributed by atoms with Crippen LogP contribution in [0, 0.1) is 0 Å². The molecule has 0 aliphatic rings. The Morgan fingerprint density at radius 3 is 2.42 bits per heavy atom. The number of methoxy groups -OCH3 is 1. The number of carbonyl (C=O) groups is 1. The molecule has 0 aliphatic carbocycles. The Bertz CT molecular complexity index is 609. The van der Waals surface area contributed by atoms with Gasteiger partial charge in [0.1, 0.15) is 5.75 Å². The summed E-state index contributed by atoms with van der Waals surface area (Å²) in [5.74, 6) is 0.422. The minimum Gasteiger partial charge on any atom is -0.496 e. The fraction of sp³-hybridized carbons (Fsp3) is 0.0667. The lowest BCUT2D eigenvalue weighted by molar-refractivity contribution is 0.0956. The molecule has 0 aromatic heterocycles. The predicted molar refractivity (Wildman–Crippen MR) is 75.4 cm³/mol. The van der Waals surface area contributed by atoms with Gasteiger partial charge in [-0.3, -0.25) is 4.79 Å². The molecule has 0 unspecified atom stereocenters. The highest BCUT2D eigenvalue weighted by atomic mass is 16.5. The van der Waals surface area contributed by atoms with Crippen LogP contribution >= 0.6 is 0 Å². The molecule has 0 heterocycles. The summed E-state index contributed by atoms with van der Waals surface area (Å²) >= 11 is 0. The molecule has 1 amide bonds. The Labute approximate surface area is 111 Å². The van der Waals surface area contributed by atoms with Gasteiger partial charge in [-0.05, 0) is 17.7 Å². The molecule has 0 fully saturated rings. The highest BCUT2D eigenvalue weighted by Crippen LogP contribution is 2.31. The third kappa shape index (κ3) is 2.63. The van der Waals surface area contributed by atoms with Crippen LogP contribution in [0.25, 0.3) is 11.1 Å². The van der Waals surface area contributed by atoms with Gasteiger partial charge >= 0.3 is 0 Å². The van der Waals surface area contributed by atoms with Gasteiger partial charge in [0.05, 0.1) is 7.11 Å². The SMILES string of the molecule is C=NNC(=O)c1ccccc1-c1ccccc1OC. The van der Waals surface area contributed by atoms with E-state index in [4.69, 9.17) is 4.74 Å². The van der Waals surface area contributed by atoms with E-state index in [2.05, 4.69) is 17.2 Å². The third-order valence-corrected chi connectivity index (χ3v) is 2.75. The van der Waals surface area contributed by atoms with Crippen molar-refractivity contribution in [2.75, 3.05) is 7.11 Å². The summed E-state index contributed by atoms with van der Waals surface area (Å²) in [6, 6.07) is 14.8. The van der Waals surface area contributed by atoms with Crippen LogP contribution in [-0.4, -0.2) is 19.7 Å². The van der Waals surface area contributed by atoms with E-state index in [0.29, 0.717) is 11.3 Å². The fourth-order valence-corrected chi connectivity index (χ4v) is 1.92. The first-order valence-electron chi connectivity index (χ1n) is 5.76. The molecule has 0 aliphatic heterocycles. The number of rotatable bonds is 4. The van der Waals surface area contributed by atoms with Crippen molar-refractivity contribution in [2.45, 2.75) is 0 Å². The molecule has 2 rings (SSSR count). The molecule has 2 aromatic carbocycles. The van der Waals surface area contributed by atoms with Crippen molar-refractivity contribution in [3.8, 4) is 16.9 Å². The van der Waals surface area contributed by atoms with Crippen LogP contribution in [0.3, 0.4) is 0 Å². The summed E-state index contributed by atoms with van der Waals surface area (Å²) < 4.78 is 5.33. The summed E-state index contributed by atoms with van der Waals surface area (Å²) in [6.45, 7) is 3.26. The number of carbonyl (C=O) groups excluding carboxylic acids is 1. The van der Waals surface area contributed by atoms with Gasteiger partial charge in [0.15, 0.2) is 0 Å². The molecule has 0 radical (unpaired) electrons. The fourth-order valence-electron chi connectivity index (χ4n) is 1.92. The number of hydrazone groups is 1. The summed E-state index contributed by atoms with van der Waals surface area (Å²) in [6.07, 6.45) is 0. The topological polar surface area (TPSA) is 50.7 Å². The van der Waals surface area contributed by atoms with E-state index in [1.54, 1.807) is 19.2 Å². The second-order valence-corrected chi connectivity index (χ2v) is 3.84. The maximum absolute atomic E-state index is 12.0. The standard InChI is InChI=1S/C15H14N2O2/c1-16-17-15(18)13-9-4-3-7-11(13)12-8-5-6-10-14(12)19-2/h3-10H,1H2,2H3,(H,17,18). The lowest BCUT2D eigenvalue weighted by Crippen LogP contribution is -2.17. The highest BCUT2D eigenvalue weighted by molar-refractivity contribution is 6.01. The van der Waals surface area contributed by atoms with Gasteiger partial charge in [0.25, 0.3) is 5.91 Å². The maximum Gasteiger partial charge on any atom is 0.271 e. The van der Waals surface area contributed by atoms with Gasteiger partial charge in [0.2, 0.25) is 0 Å². The Morgan fingerprint density at radius 2 is 1.74 bits per heavy atom. The summed E-state index contributed by atoms with van der Waals surface area (Å²) in [7, 11) is 1.60. The molecule has 0 bridgehead atoms. The van der Waals surface area contributed by atoms with Crippen LogP contribution in [0.15, 0.2) is 53.6 Å². The number of ether oxygens (including phenoxy) is 1. The average Bonchev–Trinajstić information content (AvgIpc) is 2.47. The molecule has 0 spiro atoms. The Kier molecular flexibility index (Phi) is 3.93. The first-order valence-corrected chi connectivity index (χ1v) is 5.76. The number of amides is 1. The lowest BCUT2D eigenvalue weighted by Gasteiger charge is -2.11. The van der Waals surface area contributed by atoms with Crippen molar-refractivity contribution in [2.24, 2.45) is 5.10 Å². The Hall–Kier alpha value is -2.62. The van der Waals surface area contributed by atoms with Crippen molar-refractivity contribution >= 4 is 12.6 Å². The monoisotopic (exact) mass is 254 g/mol. The minimum absolute atomic E-state index is 0.295. The highest BCUT2D eigenvalue weighted by Gasteiger charge is 2.14. The summed E-state index contributed by atoms with van der Waals surface area (Å²) in [5, 5.41) is 3.41. The van der Waals surface area contributed by atoms with E-state index in [1.165, 1.54) is 0 Å². The molecule has 2 aromatic rings. The molecule has 4 heteroatoms. The van der Waals surface area contributed by atoms with E-state index in [9.17, 15) is 4.79 Å². The van der Waals surface area contributed by atoms with Crippen molar-refractivity contribution in [1.82, 2.24) is 5.43 Å². The lowest BCUT2D eigenvalue weighted by atomic mass is 9.98. The number of benzene rings is 2. The van der Waals surface area contributed by atoms with Crippen LogP contribution in [0.2, 0.25) is 0 Å². The molecule has 1 N–H and O–H groups in total. The Balaban J connectivity index is 2.56. The van der Waals surface area contributed by atoms with Gasteiger partial charge in [-0.2, -0.15) is 5.10 Å². The quantitative estimate of drug-likeness (QED) is 0.673. The molecule has 0 atom stereocenters. The third-order valence-electron chi connectivity index (χ3n) is 2.75. The maximum atomic E-state index is 12.0. The van der Waals surface area contributed by atoms with E-state index < -0.39 is 0 Å². The zero-order valence-electron chi connectivity index (χ0n) is 10.6. The normalized spacial score (nSPS) is 9.74. The van der Waals surface area contributed by atoms with E-state index in [0.717, 1.165) is 11.1 Å². The number of nitrogens with one attached hydrogen (secondary N) is 1. The van der Waals surface area contributed by atoms with Gasteiger partial charge in [-0.25, -0.2) is 5.43 Å². The van der Waals surface area contributed by atoms with Crippen molar-refractivity contribution in [1.29, 1.82) is 0 Å². The van der Waals surface area contributed by atoms with Gasteiger partial charge in [-0.15, -0.1) is 0 Å². The number of nitrogens with zero attached hydrogens (tertiary/aromatic N) is 1. The zero-order chi connectivity index (χ0) is 13.7. The summed E-state index contributed by atoms with van der Waals surface area (Å²) in [4.78, 5) is 12.0. The number of para-hydroxylation sites is 1. The van der Waals surface area contributed by atoms with Crippen molar-refractivity contribution in [3.05, 3.63) is 54.1 Å². The predicted octanol–water partition coefficient (Wildman–Crippen LogP) is 2.71. The van der Waals surface area contributed by atoms with Gasteiger partial charge in [0, 0.05) is 17.8 Å². The van der Waals surface area contributed by atoms with Gasteiger partial charge < -0.3 is 4.74 Å². The van der Waals surface area contributed by atoms with Crippen LogP contribution in [0.5, 0.6) is 5.75 Å². The number of hydrogen-bond donors (Lipinski definition) is 1. The largest absolute Gasteiger partial charge is 0.496 e. The van der Waals surface area contributed by atoms with Crippen molar-refractivity contribution < 1.29 is 9.53 Å². The van der Waals surface area contributed by atoms with Crippen LogP contribution in [0.1, 0.15) is 10.4 Å². The van der Waals surface area contributed by atoms with Crippen LogP contribution in [-0.2, 0) is 0 Å². The first kappa shape index (κ1) is 12.8. The molecule has 4 nitrogen and oxygen atoms in total.